The Kier molecular flexibility index (Phi) is 5.98. The zero-order chi connectivity index (χ0) is 20.5. The van der Waals surface area contributed by atoms with Crippen molar-refractivity contribution in [2.75, 3.05) is 6.54 Å². The number of halogens is 2. The van der Waals surface area contributed by atoms with Gasteiger partial charge in [0, 0.05) is 28.1 Å². The number of carbonyl (C=O) groups excluding carboxylic acids is 1. The Morgan fingerprint density at radius 3 is 2.76 bits per heavy atom. The third-order valence-electron chi connectivity index (χ3n) is 5.46. The Morgan fingerprint density at radius 2 is 2.07 bits per heavy atom. The molecule has 4 rings (SSSR count). The SMILES string of the molecule is CCCN(Cc1nc2ccc(Cl)cc2n1CC1CC1)C(=O)c1ccc(C)c(Br)c1. The molecule has 1 saturated carbocycles. The fourth-order valence-corrected chi connectivity index (χ4v) is 4.18. The average Bonchev–Trinajstić information content (AvgIpc) is 3.46. The number of nitrogens with zero attached hydrogens (tertiary/aromatic N) is 3. The van der Waals surface area contributed by atoms with Gasteiger partial charge in [0.05, 0.1) is 17.6 Å². The molecule has 1 aliphatic rings. The van der Waals surface area contributed by atoms with Gasteiger partial charge in [0.15, 0.2) is 0 Å². The molecule has 0 saturated heterocycles. The highest BCUT2D eigenvalue weighted by atomic mass is 79.9. The largest absolute Gasteiger partial charge is 0.331 e. The molecule has 6 heteroatoms. The van der Waals surface area contributed by atoms with E-state index in [0.29, 0.717) is 29.6 Å². The van der Waals surface area contributed by atoms with Crippen molar-refractivity contribution in [3.8, 4) is 0 Å². The molecule has 1 fully saturated rings. The first kappa shape index (κ1) is 20.4. The lowest BCUT2D eigenvalue weighted by Gasteiger charge is -2.23. The van der Waals surface area contributed by atoms with E-state index in [1.54, 1.807) is 0 Å². The van der Waals surface area contributed by atoms with E-state index in [0.717, 1.165) is 39.9 Å². The van der Waals surface area contributed by atoms with Crippen molar-refractivity contribution in [1.29, 1.82) is 0 Å². The number of benzene rings is 2. The lowest BCUT2D eigenvalue weighted by Crippen LogP contribution is -2.32. The summed E-state index contributed by atoms with van der Waals surface area (Å²) in [6, 6.07) is 11.6. The highest BCUT2D eigenvalue weighted by molar-refractivity contribution is 9.10. The van der Waals surface area contributed by atoms with Gasteiger partial charge in [-0.15, -0.1) is 0 Å². The molecule has 29 heavy (non-hydrogen) atoms. The van der Waals surface area contributed by atoms with E-state index in [2.05, 4.69) is 27.4 Å². The molecule has 4 nitrogen and oxygen atoms in total. The standard InChI is InChI=1S/C23H25BrClN3O/c1-3-10-27(23(29)17-7-4-15(2)19(24)11-17)14-22-26-20-9-8-18(25)12-21(20)28(22)13-16-5-6-16/h4,7-9,11-12,16H,3,5-6,10,13-14H2,1-2H3. The number of aromatic nitrogens is 2. The first-order valence-corrected chi connectivity index (χ1v) is 11.3. The number of hydrogen-bond acceptors (Lipinski definition) is 2. The van der Waals surface area contributed by atoms with Crippen molar-refractivity contribution in [2.45, 2.75) is 46.2 Å². The summed E-state index contributed by atoms with van der Waals surface area (Å²) in [6.07, 6.45) is 3.41. The van der Waals surface area contributed by atoms with Crippen LogP contribution in [0.2, 0.25) is 5.02 Å². The molecule has 0 unspecified atom stereocenters. The molecule has 1 aliphatic carbocycles. The number of aryl methyl sites for hydroxylation is 1. The van der Waals surface area contributed by atoms with Crippen LogP contribution in [0.25, 0.3) is 11.0 Å². The minimum Gasteiger partial charge on any atom is -0.331 e. The van der Waals surface area contributed by atoms with Gasteiger partial charge in [-0.25, -0.2) is 4.98 Å². The summed E-state index contributed by atoms with van der Waals surface area (Å²) in [7, 11) is 0. The summed E-state index contributed by atoms with van der Waals surface area (Å²) in [4.78, 5) is 20.0. The smallest absolute Gasteiger partial charge is 0.254 e. The fourth-order valence-electron chi connectivity index (χ4n) is 3.63. The second-order valence-corrected chi connectivity index (χ2v) is 9.20. The first-order chi connectivity index (χ1) is 14.0. The summed E-state index contributed by atoms with van der Waals surface area (Å²) in [6.45, 7) is 6.25. The molecule has 0 spiro atoms. The average molecular weight is 475 g/mol. The molecule has 152 valence electrons. The van der Waals surface area contributed by atoms with Gasteiger partial charge in [-0.05, 0) is 68.0 Å². The molecule has 3 aromatic rings. The number of hydrogen-bond donors (Lipinski definition) is 0. The first-order valence-electron chi connectivity index (χ1n) is 10.2. The highest BCUT2D eigenvalue weighted by Gasteiger charge is 2.26. The van der Waals surface area contributed by atoms with Crippen LogP contribution in [-0.4, -0.2) is 26.9 Å². The van der Waals surface area contributed by atoms with Crippen molar-refractivity contribution >= 4 is 44.5 Å². The van der Waals surface area contributed by atoms with Gasteiger partial charge < -0.3 is 9.47 Å². The second kappa shape index (κ2) is 8.49. The van der Waals surface area contributed by atoms with Crippen LogP contribution >= 0.6 is 27.5 Å². The summed E-state index contributed by atoms with van der Waals surface area (Å²) < 4.78 is 3.22. The Hall–Kier alpha value is -1.85. The lowest BCUT2D eigenvalue weighted by atomic mass is 10.1. The molecular formula is C23H25BrClN3O. The topological polar surface area (TPSA) is 38.1 Å². The third-order valence-corrected chi connectivity index (χ3v) is 6.55. The van der Waals surface area contributed by atoms with Crippen LogP contribution < -0.4 is 0 Å². The van der Waals surface area contributed by atoms with Crippen LogP contribution in [-0.2, 0) is 13.1 Å². The monoisotopic (exact) mass is 473 g/mol. The number of amides is 1. The summed E-state index contributed by atoms with van der Waals surface area (Å²) in [5.41, 5.74) is 3.81. The predicted molar refractivity (Wildman–Crippen MR) is 121 cm³/mol. The molecule has 1 amide bonds. The van der Waals surface area contributed by atoms with Crippen molar-refractivity contribution < 1.29 is 4.79 Å². The second-order valence-electron chi connectivity index (χ2n) is 7.91. The lowest BCUT2D eigenvalue weighted by molar-refractivity contribution is 0.0737. The summed E-state index contributed by atoms with van der Waals surface area (Å²) >= 11 is 9.80. The van der Waals surface area contributed by atoms with Crippen molar-refractivity contribution in [3.63, 3.8) is 0 Å². The maximum atomic E-state index is 13.3. The van der Waals surface area contributed by atoms with Gasteiger partial charge in [0.2, 0.25) is 0 Å². The maximum Gasteiger partial charge on any atom is 0.254 e. The molecule has 2 aromatic carbocycles. The van der Waals surface area contributed by atoms with E-state index in [1.807, 2.05) is 48.2 Å². The van der Waals surface area contributed by atoms with Crippen LogP contribution in [0.5, 0.6) is 0 Å². The van der Waals surface area contributed by atoms with Gasteiger partial charge in [-0.1, -0.05) is 40.5 Å². The molecule has 0 aliphatic heterocycles. The minimum absolute atomic E-state index is 0.0376. The Balaban J connectivity index is 1.67. The van der Waals surface area contributed by atoms with Crippen LogP contribution in [0.15, 0.2) is 40.9 Å². The summed E-state index contributed by atoms with van der Waals surface area (Å²) in [5, 5.41) is 0.715. The van der Waals surface area contributed by atoms with Gasteiger partial charge in [0.25, 0.3) is 5.91 Å². The quantitative estimate of drug-likeness (QED) is 0.407. The number of fused-ring (bicyclic) bond motifs is 1. The van der Waals surface area contributed by atoms with Gasteiger partial charge in [-0.2, -0.15) is 0 Å². The van der Waals surface area contributed by atoms with Crippen LogP contribution in [0.1, 0.15) is 47.9 Å². The maximum absolute atomic E-state index is 13.3. The van der Waals surface area contributed by atoms with Crippen LogP contribution in [0.3, 0.4) is 0 Å². The van der Waals surface area contributed by atoms with E-state index < -0.39 is 0 Å². The Morgan fingerprint density at radius 1 is 1.28 bits per heavy atom. The minimum atomic E-state index is 0.0376. The van der Waals surface area contributed by atoms with Crippen molar-refractivity contribution in [1.82, 2.24) is 14.5 Å². The number of carbonyl (C=O) groups is 1. The van der Waals surface area contributed by atoms with Crippen LogP contribution in [0.4, 0.5) is 0 Å². The van der Waals surface area contributed by atoms with Crippen molar-refractivity contribution in [2.24, 2.45) is 5.92 Å². The van der Waals surface area contributed by atoms with E-state index in [1.165, 1.54) is 12.8 Å². The summed E-state index contributed by atoms with van der Waals surface area (Å²) in [5.74, 6) is 1.67. The fraction of sp³-hybridized carbons (Fsp3) is 0.391. The van der Waals surface area contributed by atoms with E-state index in [9.17, 15) is 4.79 Å². The van der Waals surface area contributed by atoms with Gasteiger partial charge >= 0.3 is 0 Å². The molecule has 0 atom stereocenters. The molecule has 0 N–H and O–H groups in total. The number of rotatable bonds is 7. The molecule has 0 radical (unpaired) electrons. The Bertz CT molecular complexity index is 1060. The molecule has 1 heterocycles. The normalized spacial score (nSPS) is 13.8. The van der Waals surface area contributed by atoms with Crippen LogP contribution in [0, 0.1) is 12.8 Å². The molecule has 1 aromatic heterocycles. The van der Waals surface area contributed by atoms with E-state index in [-0.39, 0.29) is 5.91 Å². The van der Waals surface area contributed by atoms with Gasteiger partial charge in [-0.3, -0.25) is 4.79 Å². The van der Waals surface area contributed by atoms with E-state index in [4.69, 9.17) is 16.6 Å². The van der Waals surface area contributed by atoms with Crippen molar-refractivity contribution in [3.05, 3.63) is 62.8 Å². The predicted octanol–water partition coefficient (Wildman–Crippen LogP) is 6.22. The third kappa shape index (κ3) is 4.51. The van der Waals surface area contributed by atoms with Gasteiger partial charge in [0.1, 0.15) is 5.82 Å². The highest BCUT2D eigenvalue weighted by Crippen LogP contribution is 2.33. The Labute approximate surface area is 185 Å². The zero-order valence-electron chi connectivity index (χ0n) is 16.8. The molecule has 0 bridgehead atoms. The van der Waals surface area contributed by atoms with E-state index >= 15 is 0 Å². The zero-order valence-corrected chi connectivity index (χ0v) is 19.1. The molecular weight excluding hydrogens is 450 g/mol. The number of imidazole rings is 1.